The first-order valence-corrected chi connectivity index (χ1v) is 8.29. The number of benzene rings is 1. The molecule has 0 saturated carbocycles. The molecule has 0 aliphatic carbocycles. The Balaban J connectivity index is 2.12. The number of fused-ring (bicyclic) bond motifs is 1. The summed E-state index contributed by atoms with van der Waals surface area (Å²) in [7, 11) is 1.57. The summed E-state index contributed by atoms with van der Waals surface area (Å²) in [5, 5.41) is 3.75. The molecule has 130 valence electrons. The van der Waals surface area contributed by atoms with Gasteiger partial charge in [0.2, 0.25) is 5.91 Å². The molecule has 0 aliphatic heterocycles. The van der Waals surface area contributed by atoms with E-state index in [1.807, 2.05) is 19.1 Å². The maximum Gasteiger partial charge on any atom is 0.339 e. The summed E-state index contributed by atoms with van der Waals surface area (Å²) >= 11 is 0. The zero-order valence-corrected chi connectivity index (χ0v) is 14.8. The van der Waals surface area contributed by atoms with Gasteiger partial charge >= 0.3 is 5.63 Å². The number of amides is 1. The number of carbonyl (C=O) groups excluding carboxylic acids is 1. The van der Waals surface area contributed by atoms with Gasteiger partial charge in [0.1, 0.15) is 11.3 Å². The van der Waals surface area contributed by atoms with E-state index >= 15 is 0 Å². The molecule has 0 bridgehead atoms. The molecule has 1 aromatic heterocycles. The van der Waals surface area contributed by atoms with E-state index in [4.69, 9.17) is 9.15 Å². The van der Waals surface area contributed by atoms with Gasteiger partial charge in [0.15, 0.2) is 0 Å². The second kappa shape index (κ2) is 7.99. The van der Waals surface area contributed by atoms with Gasteiger partial charge in [-0.05, 0) is 43.4 Å². The van der Waals surface area contributed by atoms with Crippen molar-refractivity contribution in [3.63, 3.8) is 0 Å². The normalized spacial score (nSPS) is 11.0. The Morgan fingerprint density at radius 3 is 2.75 bits per heavy atom. The first kappa shape index (κ1) is 18.0. The van der Waals surface area contributed by atoms with Crippen molar-refractivity contribution >= 4 is 16.9 Å². The summed E-state index contributed by atoms with van der Waals surface area (Å²) in [6.07, 6.45) is 1.61. The Morgan fingerprint density at radius 2 is 2.08 bits per heavy atom. The van der Waals surface area contributed by atoms with E-state index < -0.39 is 0 Å². The molecular weight excluding hydrogens is 306 g/mol. The second-order valence-electron chi connectivity index (χ2n) is 6.39. The summed E-state index contributed by atoms with van der Waals surface area (Å²) in [4.78, 5) is 24.1. The van der Waals surface area contributed by atoms with Gasteiger partial charge in [0.25, 0.3) is 0 Å². The molecule has 0 unspecified atom stereocenters. The molecule has 0 fully saturated rings. The quantitative estimate of drug-likeness (QED) is 0.791. The maximum absolute atomic E-state index is 12.2. The highest BCUT2D eigenvalue weighted by atomic mass is 16.5. The molecule has 2 aromatic rings. The number of carbonyl (C=O) groups is 1. The molecule has 1 N–H and O–H groups in total. The van der Waals surface area contributed by atoms with Crippen LogP contribution < -0.4 is 15.7 Å². The lowest BCUT2D eigenvalue weighted by molar-refractivity contribution is -0.121. The average molecular weight is 331 g/mol. The van der Waals surface area contributed by atoms with Crippen molar-refractivity contribution in [1.82, 2.24) is 5.32 Å². The Labute approximate surface area is 142 Å². The molecule has 5 heteroatoms. The van der Waals surface area contributed by atoms with Crippen LogP contribution in [0.25, 0.3) is 11.0 Å². The van der Waals surface area contributed by atoms with E-state index in [0.717, 1.165) is 17.4 Å². The minimum absolute atomic E-state index is 0.0377. The van der Waals surface area contributed by atoms with Crippen LogP contribution in [0.5, 0.6) is 5.75 Å². The van der Waals surface area contributed by atoms with E-state index in [1.54, 1.807) is 13.2 Å². The van der Waals surface area contributed by atoms with Crippen molar-refractivity contribution in [2.45, 2.75) is 40.0 Å². The molecule has 1 amide bonds. The van der Waals surface area contributed by atoms with Gasteiger partial charge in [-0.2, -0.15) is 0 Å². The van der Waals surface area contributed by atoms with Crippen LogP contribution in [0.2, 0.25) is 0 Å². The average Bonchev–Trinajstić information content (AvgIpc) is 2.53. The van der Waals surface area contributed by atoms with Crippen LogP contribution >= 0.6 is 0 Å². The first-order valence-electron chi connectivity index (χ1n) is 8.29. The van der Waals surface area contributed by atoms with Crippen molar-refractivity contribution in [3.05, 3.63) is 39.7 Å². The lowest BCUT2D eigenvalue weighted by Crippen LogP contribution is -2.26. The molecule has 0 saturated heterocycles. The van der Waals surface area contributed by atoms with Gasteiger partial charge in [-0.15, -0.1) is 0 Å². The molecule has 0 spiro atoms. The van der Waals surface area contributed by atoms with Crippen LogP contribution in [0.3, 0.4) is 0 Å². The molecule has 0 radical (unpaired) electrons. The monoisotopic (exact) mass is 331 g/mol. The number of rotatable bonds is 7. The van der Waals surface area contributed by atoms with Gasteiger partial charge in [-0.1, -0.05) is 13.8 Å². The predicted octanol–water partition coefficient (Wildman–Crippen LogP) is 3.20. The zero-order valence-electron chi connectivity index (χ0n) is 14.8. The molecular formula is C19H25NO4. The number of hydrogen-bond acceptors (Lipinski definition) is 4. The summed E-state index contributed by atoms with van der Waals surface area (Å²) in [5.41, 5.74) is 1.54. The van der Waals surface area contributed by atoms with Crippen LogP contribution in [0, 0.1) is 12.8 Å². The largest absolute Gasteiger partial charge is 0.497 e. The molecule has 2 rings (SSSR count). The fourth-order valence-electron chi connectivity index (χ4n) is 2.62. The van der Waals surface area contributed by atoms with Gasteiger partial charge in [-0.3, -0.25) is 4.79 Å². The highest BCUT2D eigenvalue weighted by molar-refractivity contribution is 5.82. The number of aryl methyl sites for hydroxylation is 1. The molecule has 0 aliphatic rings. The van der Waals surface area contributed by atoms with E-state index in [0.29, 0.717) is 35.8 Å². The van der Waals surface area contributed by atoms with Crippen molar-refractivity contribution < 1.29 is 13.9 Å². The number of ether oxygens (including phenoxy) is 1. The highest BCUT2D eigenvalue weighted by Crippen LogP contribution is 2.24. The van der Waals surface area contributed by atoms with E-state index in [9.17, 15) is 9.59 Å². The van der Waals surface area contributed by atoms with Crippen LogP contribution in [0.1, 0.15) is 37.8 Å². The van der Waals surface area contributed by atoms with Crippen molar-refractivity contribution in [3.8, 4) is 5.75 Å². The van der Waals surface area contributed by atoms with Crippen LogP contribution in [-0.4, -0.2) is 19.6 Å². The maximum atomic E-state index is 12.2. The lowest BCUT2D eigenvalue weighted by Gasteiger charge is -2.10. The van der Waals surface area contributed by atoms with Gasteiger partial charge < -0.3 is 14.5 Å². The minimum atomic E-state index is -0.386. The SMILES string of the molecule is COc1ccc2c(C)c(CCC(=O)NCCC(C)C)c(=O)oc2c1. The lowest BCUT2D eigenvalue weighted by atomic mass is 10.0. The standard InChI is InChI=1S/C19H25NO4/c1-12(2)9-10-20-18(21)8-7-16-13(3)15-6-5-14(23-4)11-17(15)24-19(16)22/h5-6,11-12H,7-10H2,1-4H3,(H,20,21). The zero-order chi connectivity index (χ0) is 17.7. The van der Waals surface area contributed by atoms with E-state index in [-0.39, 0.29) is 18.0 Å². The third kappa shape index (κ3) is 4.37. The molecule has 24 heavy (non-hydrogen) atoms. The Hall–Kier alpha value is -2.30. The van der Waals surface area contributed by atoms with E-state index in [1.165, 1.54) is 0 Å². The number of hydrogen-bond donors (Lipinski definition) is 1. The van der Waals surface area contributed by atoms with Gasteiger partial charge in [0.05, 0.1) is 7.11 Å². The summed E-state index contributed by atoms with van der Waals surface area (Å²) in [5.74, 6) is 1.16. The van der Waals surface area contributed by atoms with Crippen molar-refractivity contribution in [2.75, 3.05) is 13.7 Å². The summed E-state index contributed by atoms with van der Waals surface area (Å²) in [6.45, 7) is 6.79. The number of nitrogens with one attached hydrogen (secondary N) is 1. The predicted molar refractivity (Wildman–Crippen MR) is 94.6 cm³/mol. The fraction of sp³-hybridized carbons (Fsp3) is 0.474. The van der Waals surface area contributed by atoms with E-state index in [2.05, 4.69) is 19.2 Å². The topological polar surface area (TPSA) is 68.5 Å². The molecule has 1 aromatic carbocycles. The summed E-state index contributed by atoms with van der Waals surface area (Å²) in [6, 6.07) is 5.41. The fourth-order valence-corrected chi connectivity index (χ4v) is 2.62. The Kier molecular flexibility index (Phi) is 6.01. The van der Waals surface area contributed by atoms with Crippen LogP contribution in [-0.2, 0) is 11.2 Å². The molecule has 5 nitrogen and oxygen atoms in total. The van der Waals surface area contributed by atoms with Gasteiger partial charge in [0, 0.05) is 30.0 Å². The molecule has 0 atom stereocenters. The second-order valence-corrected chi connectivity index (χ2v) is 6.39. The van der Waals surface area contributed by atoms with Crippen LogP contribution in [0.4, 0.5) is 0 Å². The summed E-state index contributed by atoms with van der Waals surface area (Å²) < 4.78 is 10.5. The van der Waals surface area contributed by atoms with Crippen LogP contribution in [0.15, 0.2) is 27.4 Å². The minimum Gasteiger partial charge on any atom is -0.497 e. The van der Waals surface area contributed by atoms with Crippen molar-refractivity contribution in [2.24, 2.45) is 5.92 Å². The smallest absolute Gasteiger partial charge is 0.339 e. The highest BCUT2D eigenvalue weighted by Gasteiger charge is 2.13. The van der Waals surface area contributed by atoms with Crippen molar-refractivity contribution in [1.29, 1.82) is 0 Å². The van der Waals surface area contributed by atoms with Gasteiger partial charge in [-0.25, -0.2) is 4.79 Å². The first-order chi connectivity index (χ1) is 11.4. The number of methoxy groups -OCH3 is 1. The third-order valence-electron chi connectivity index (χ3n) is 4.14. The molecule has 1 heterocycles. The Morgan fingerprint density at radius 1 is 1.33 bits per heavy atom. The Bertz CT molecular complexity index is 777. The third-order valence-corrected chi connectivity index (χ3v) is 4.14.